The van der Waals surface area contributed by atoms with Crippen molar-refractivity contribution in [2.24, 2.45) is 0 Å². The molecule has 0 aromatic heterocycles. The van der Waals surface area contributed by atoms with Crippen molar-refractivity contribution in [2.75, 3.05) is 23.4 Å². The average molecular weight is 431 g/mol. The lowest BCUT2D eigenvalue weighted by Gasteiger charge is -2.30. The van der Waals surface area contributed by atoms with Crippen LogP contribution in [0.25, 0.3) is 0 Å². The Hall–Kier alpha value is -3.80. The molecule has 1 aliphatic heterocycles. The first kappa shape index (κ1) is 21.4. The van der Waals surface area contributed by atoms with Gasteiger partial charge in [-0.1, -0.05) is 43.3 Å². The van der Waals surface area contributed by atoms with E-state index in [0.717, 1.165) is 17.5 Å². The third kappa shape index (κ3) is 4.91. The molecule has 3 aromatic carbocycles. The van der Waals surface area contributed by atoms with E-state index in [-0.39, 0.29) is 25.0 Å². The fourth-order valence-electron chi connectivity index (χ4n) is 3.58. The van der Waals surface area contributed by atoms with Gasteiger partial charge >= 0.3 is 0 Å². The molecule has 164 valence electrons. The summed E-state index contributed by atoms with van der Waals surface area (Å²) in [5.74, 6) is 0.857. The summed E-state index contributed by atoms with van der Waals surface area (Å²) in [6, 6.07) is 20.9. The van der Waals surface area contributed by atoms with Gasteiger partial charge in [0, 0.05) is 5.69 Å². The number of rotatable bonds is 7. The summed E-state index contributed by atoms with van der Waals surface area (Å²) >= 11 is 0. The number of ether oxygens (including phenoxy) is 2. The molecule has 0 atom stereocenters. The first-order valence-electron chi connectivity index (χ1n) is 10.7. The number of hydrogen-bond donors (Lipinski definition) is 1. The third-order valence-electron chi connectivity index (χ3n) is 5.48. The molecule has 2 amide bonds. The first-order chi connectivity index (χ1) is 15.5. The van der Waals surface area contributed by atoms with E-state index >= 15 is 0 Å². The number of carbonyl (C=O) groups is 2. The van der Waals surface area contributed by atoms with Crippen molar-refractivity contribution in [3.05, 3.63) is 83.4 Å². The molecule has 0 spiro atoms. The van der Waals surface area contributed by atoms with Crippen LogP contribution in [-0.4, -0.2) is 25.0 Å². The van der Waals surface area contributed by atoms with Gasteiger partial charge in [0.1, 0.15) is 11.5 Å². The molecule has 1 N–H and O–H groups in total. The van der Waals surface area contributed by atoms with Gasteiger partial charge < -0.3 is 19.7 Å². The largest absolute Gasteiger partial charge is 0.484 e. The maximum Gasteiger partial charge on any atom is 0.265 e. The van der Waals surface area contributed by atoms with Gasteiger partial charge in [-0.25, -0.2) is 0 Å². The second-order valence-electron chi connectivity index (χ2n) is 7.71. The molecular weight excluding hydrogens is 404 g/mol. The summed E-state index contributed by atoms with van der Waals surface area (Å²) < 4.78 is 11.2. The summed E-state index contributed by atoms with van der Waals surface area (Å²) in [4.78, 5) is 26.7. The van der Waals surface area contributed by atoms with E-state index in [2.05, 4.69) is 12.2 Å². The molecule has 6 nitrogen and oxygen atoms in total. The fourth-order valence-corrected chi connectivity index (χ4v) is 3.58. The van der Waals surface area contributed by atoms with Gasteiger partial charge in [0.25, 0.3) is 11.8 Å². The molecule has 0 radical (unpaired) electrons. The summed E-state index contributed by atoms with van der Waals surface area (Å²) in [5.41, 5.74) is 4.60. The highest BCUT2D eigenvalue weighted by atomic mass is 16.5. The topological polar surface area (TPSA) is 67.9 Å². The number of anilines is 2. The van der Waals surface area contributed by atoms with E-state index in [1.54, 1.807) is 23.1 Å². The van der Waals surface area contributed by atoms with Crippen LogP contribution in [0.3, 0.4) is 0 Å². The Labute approximate surface area is 187 Å². The lowest BCUT2D eigenvalue weighted by atomic mass is 10.1. The van der Waals surface area contributed by atoms with Gasteiger partial charge in [-0.3, -0.25) is 9.59 Å². The summed E-state index contributed by atoms with van der Waals surface area (Å²) in [6.45, 7) is 4.44. The Kier molecular flexibility index (Phi) is 6.40. The molecule has 1 aliphatic rings. The maximum absolute atomic E-state index is 12.6. The van der Waals surface area contributed by atoms with Crippen molar-refractivity contribution >= 4 is 23.2 Å². The maximum atomic E-state index is 12.6. The van der Waals surface area contributed by atoms with E-state index in [1.165, 1.54) is 5.56 Å². The number of nitrogens with one attached hydrogen (secondary N) is 1. The Morgan fingerprint density at radius 1 is 1.09 bits per heavy atom. The Morgan fingerprint density at radius 3 is 2.62 bits per heavy atom. The number of fused-ring (bicyclic) bond motifs is 1. The van der Waals surface area contributed by atoms with Gasteiger partial charge in [0.15, 0.2) is 13.2 Å². The molecule has 0 saturated carbocycles. The number of hydrogen-bond acceptors (Lipinski definition) is 4. The van der Waals surface area contributed by atoms with Crippen molar-refractivity contribution in [1.82, 2.24) is 0 Å². The molecule has 1 heterocycles. The van der Waals surface area contributed by atoms with E-state index in [1.807, 2.05) is 55.5 Å². The lowest BCUT2D eigenvalue weighted by Crippen LogP contribution is -2.38. The second-order valence-corrected chi connectivity index (χ2v) is 7.71. The van der Waals surface area contributed by atoms with Gasteiger partial charge in [0.2, 0.25) is 0 Å². The van der Waals surface area contributed by atoms with Crippen LogP contribution < -0.4 is 19.7 Å². The van der Waals surface area contributed by atoms with Crippen LogP contribution in [0, 0.1) is 6.92 Å². The second kappa shape index (κ2) is 9.56. The minimum Gasteiger partial charge on any atom is -0.484 e. The molecule has 32 heavy (non-hydrogen) atoms. The Balaban J connectivity index is 1.45. The Morgan fingerprint density at radius 2 is 1.88 bits per heavy atom. The van der Waals surface area contributed by atoms with Crippen molar-refractivity contribution < 1.29 is 19.1 Å². The molecule has 4 rings (SSSR count). The monoisotopic (exact) mass is 430 g/mol. The van der Waals surface area contributed by atoms with Crippen molar-refractivity contribution in [3.8, 4) is 11.5 Å². The highest BCUT2D eigenvalue weighted by molar-refractivity contribution is 5.99. The minimum absolute atomic E-state index is 0.00471. The SMILES string of the molecule is CCc1ccc(OCC(=O)Nc2ccc3c(c2)N(Cc2ccccc2C)C(=O)CO3)cc1. The zero-order chi connectivity index (χ0) is 22.5. The van der Waals surface area contributed by atoms with Crippen LogP contribution in [0.1, 0.15) is 23.6 Å². The van der Waals surface area contributed by atoms with Crippen LogP contribution in [0.5, 0.6) is 11.5 Å². The summed E-state index contributed by atoms with van der Waals surface area (Å²) in [7, 11) is 0. The van der Waals surface area contributed by atoms with Crippen LogP contribution in [-0.2, 0) is 22.6 Å². The average Bonchev–Trinajstić information content (AvgIpc) is 2.81. The number of nitrogens with zero attached hydrogens (tertiary/aromatic N) is 1. The molecule has 0 aliphatic carbocycles. The number of benzene rings is 3. The molecule has 3 aromatic rings. The normalized spacial score (nSPS) is 12.7. The van der Waals surface area contributed by atoms with Crippen LogP contribution in [0.15, 0.2) is 66.7 Å². The predicted molar refractivity (Wildman–Crippen MR) is 124 cm³/mol. The predicted octanol–water partition coefficient (Wildman–Crippen LogP) is 4.50. The molecular formula is C26H26N2O4. The number of amides is 2. The van der Waals surface area contributed by atoms with Gasteiger partial charge in [-0.2, -0.15) is 0 Å². The van der Waals surface area contributed by atoms with E-state index in [0.29, 0.717) is 29.4 Å². The number of aryl methyl sites for hydroxylation is 2. The molecule has 0 saturated heterocycles. The molecule has 0 fully saturated rings. The quantitative estimate of drug-likeness (QED) is 0.599. The van der Waals surface area contributed by atoms with Crippen LogP contribution in [0.4, 0.5) is 11.4 Å². The lowest BCUT2D eigenvalue weighted by molar-refractivity contribution is -0.121. The zero-order valence-electron chi connectivity index (χ0n) is 18.3. The Bertz CT molecular complexity index is 1120. The van der Waals surface area contributed by atoms with E-state index in [9.17, 15) is 9.59 Å². The van der Waals surface area contributed by atoms with Crippen LogP contribution >= 0.6 is 0 Å². The zero-order valence-corrected chi connectivity index (χ0v) is 18.3. The van der Waals surface area contributed by atoms with E-state index < -0.39 is 0 Å². The third-order valence-corrected chi connectivity index (χ3v) is 5.48. The molecule has 0 bridgehead atoms. The van der Waals surface area contributed by atoms with Crippen molar-refractivity contribution in [3.63, 3.8) is 0 Å². The smallest absolute Gasteiger partial charge is 0.265 e. The summed E-state index contributed by atoms with van der Waals surface area (Å²) in [5, 5.41) is 2.84. The molecule has 0 unspecified atom stereocenters. The summed E-state index contributed by atoms with van der Waals surface area (Å²) in [6.07, 6.45) is 0.951. The highest BCUT2D eigenvalue weighted by Gasteiger charge is 2.26. The van der Waals surface area contributed by atoms with Gasteiger partial charge in [-0.05, 0) is 60.4 Å². The van der Waals surface area contributed by atoms with Crippen LogP contribution in [0.2, 0.25) is 0 Å². The minimum atomic E-state index is -0.280. The van der Waals surface area contributed by atoms with Gasteiger partial charge in [-0.15, -0.1) is 0 Å². The van der Waals surface area contributed by atoms with Gasteiger partial charge in [0.05, 0.1) is 12.2 Å². The van der Waals surface area contributed by atoms with Crippen molar-refractivity contribution in [2.45, 2.75) is 26.8 Å². The standard InChI is InChI=1S/C26H26N2O4/c1-3-19-8-11-22(12-9-19)31-16-25(29)27-21-10-13-24-23(14-21)28(26(30)17-32-24)15-20-7-5-4-6-18(20)2/h4-14H,3,15-17H2,1-2H3,(H,27,29). The van der Waals surface area contributed by atoms with E-state index in [4.69, 9.17) is 9.47 Å². The first-order valence-corrected chi connectivity index (χ1v) is 10.7. The fraction of sp³-hybridized carbons (Fsp3) is 0.231. The molecule has 6 heteroatoms. The highest BCUT2D eigenvalue weighted by Crippen LogP contribution is 2.35. The van der Waals surface area contributed by atoms with Crippen molar-refractivity contribution in [1.29, 1.82) is 0 Å². The number of carbonyl (C=O) groups excluding carboxylic acids is 2.